The number of nitrogens with one attached hydrogen (secondary N) is 2. The number of aryl methyl sites for hydroxylation is 1. The van der Waals surface area contributed by atoms with Crippen molar-refractivity contribution in [1.82, 2.24) is 10.6 Å². The summed E-state index contributed by atoms with van der Waals surface area (Å²) < 4.78 is 25.0. The number of allylic oxidation sites excluding steroid dienone is 4. The summed E-state index contributed by atoms with van der Waals surface area (Å²) in [5.74, 6) is -0.784. The van der Waals surface area contributed by atoms with Crippen LogP contribution in [0.2, 0.25) is 0 Å². The molecule has 0 atom stereocenters. The monoisotopic (exact) mass is 458 g/mol. The SMILES string of the molecule is C=C/C(F)=C\C=C\CNC=O.CC.CC.Cc1ccccc1C(=O)NCc1ccc(F)cc1. The molecule has 0 aliphatic carbocycles. The Morgan fingerprint density at radius 3 is 2.18 bits per heavy atom. The van der Waals surface area contributed by atoms with Gasteiger partial charge in [-0.25, -0.2) is 8.78 Å². The molecule has 0 heterocycles. The fourth-order valence-corrected chi connectivity index (χ4v) is 2.12. The minimum Gasteiger partial charge on any atom is -0.355 e. The van der Waals surface area contributed by atoms with Gasteiger partial charge < -0.3 is 10.6 Å². The third-order valence-electron chi connectivity index (χ3n) is 3.66. The van der Waals surface area contributed by atoms with E-state index in [4.69, 9.17) is 0 Å². The average molecular weight is 459 g/mol. The van der Waals surface area contributed by atoms with E-state index in [1.807, 2.05) is 52.8 Å². The predicted molar refractivity (Wildman–Crippen MR) is 134 cm³/mol. The standard InChI is InChI=1S/C15H14FNO.C8H10FNO.2C2H6/c1-11-4-2-3-5-14(11)15(18)17-10-12-6-8-13(16)9-7-12;1-2-8(9)5-3-4-6-10-7-11;2*1-2/h2-9H,10H2,1H3,(H,17,18);2-5,7H,1,6H2,(H,10,11);2*1-2H3/b;4-3+,8-5+;;. The highest BCUT2D eigenvalue weighted by molar-refractivity contribution is 5.95. The fraction of sp³-hybridized carbons (Fsp3) is 0.259. The van der Waals surface area contributed by atoms with Gasteiger partial charge in [0, 0.05) is 18.7 Å². The van der Waals surface area contributed by atoms with Crippen molar-refractivity contribution in [3.05, 3.63) is 108 Å². The van der Waals surface area contributed by atoms with Crippen LogP contribution in [0.4, 0.5) is 8.78 Å². The zero-order valence-corrected chi connectivity index (χ0v) is 20.2. The van der Waals surface area contributed by atoms with Gasteiger partial charge in [0.1, 0.15) is 11.6 Å². The average Bonchev–Trinajstić information content (AvgIpc) is 2.86. The van der Waals surface area contributed by atoms with Gasteiger partial charge in [0.2, 0.25) is 6.41 Å². The molecule has 0 saturated heterocycles. The van der Waals surface area contributed by atoms with Crippen molar-refractivity contribution in [1.29, 1.82) is 0 Å². The molecule has 0 radical (unpaired) electrons. The molecule has 2 rings (SSSR count). The summed E-state index contributed by atoms with van der Waals surface area (Å²) in [7, 11) is 0. The second-order valence-corrected chi connectivity index (χ2v) is 5.83. The quantitative estimate of drug-likeness (QED) is 0.271. The maximum Gasteiger partial charge on any atom is 0.251 e. The number of rotatable bonds is 8. The van der Waals surface area contributed by atoms with E-state index >= 15 is 0 Å². The topological polar surface area (TPSA) is 58.2 Å². The van der Waals surface area contributed by atoms with Crippen LogP contribution in [0.1, 0.15) is 49.2 Å². The van der Waals surface area contributed by atoms with Crippen LogP contribution in [0, 0.1) is 12.7 Å². The number of hydrogen-bond acceptors (Lipinski definition) is 2. The van der Waals surface area contributed by atoms with Gasteiger partial charge in [-0.15, -0.1) is 0 Å². The van der Waals surface area contributed by atoms with Crippen molar-refractivity contribution in [2.24, 2.45) is 0 Å². The van der Waals surface area contributed by atoms with Crippen LogP contribution in [0.5, 0.6) is 0 Å². The molecule has 4 nitrogen and oxygen atoms in total. The number of carbonyl (C=O) groups is 2. The van der Waals surface area contributed by atoms with Crippen LogP contribution in [0.3, 0.4) is 0 Å². The zero-order valence-electron chi connectivity index (χ0n) is 20.2. The number of benzene rings is 2. The van der Waals surface area contributed by atoms with Gasteiger partial charge in [0.15, 0.2) is 0 Å². The number of carbonyl (C=O) groups excluding carboxylic acids is 2. The highest BCUT2D eigenvalue weighted by Gasteiger charge is 2.07. The van der Waals surface area contributed by atoms with Crippen molar-refractivity contribution in [2.75, 3.05) is 6.54 Å². The first-order valence-corrected chi connectivity index (χ1v) is 10.9. The van der Waals surface area contributed by atoms with Gasteiger partial charge in [0.05, 0.1) is 0 Å². The minimum absolute atomic E-state index is 0.113. The van der Waals surface area contributed by atoms with E-state index in [-0.39, 0.29) is 11.7 Å². The van der Waals surface area contributed by atoms with Gasteiger partial charge in [-0.1, -0.05) is 76.8 Å². The Balaban J connectivity index is 0. The summed E-state index contributed by atoms with van der Waals surface area (Å²) in [4.78, 5) is 21.6. The van der Waals surface area contributed by atoms with Crippen LogP contribution in [-0.2, 0) is 11.3 Å². The third kappa shape index (κ3) is 15.8. The Morgan fingerprint density at radius 2 is 1.64 bits per heavy atom. The van der Waals surface area contributed by atoms with Crippen LogP contribution >= 0.6 is 0 Å². The van der Waals surface area contributed by atoms with Crippen LogP contribution < -0.4 is 10.6 Å². The fourth-order valence-electron chi connectivity index (χ4n) is 2.12. The van der Waals surface area contributed by atoms with E-state index in [1.54, 1.807) is 24.3 Å². The molecule has 0 aliphatic heterocycles. The van der Waals surface area contributed by atoms with Crippen LogP contribution in [0.15, 0.2) is 85.2 Å². The molecule has 2 aromatic carbocycles. The molecule has 0 aromatic heterocycles. The van der Waals surface area contributed by atoms with Gasteiger partial charge in [-0.05, 0) is 48.4 Å². The lowest BCUT2D eigenvalue weighted by atomic mass is 10.1. The van der Waals surface area contributed by atoms with Crippen LogP contribution in [0.25, 0.3) is 0 Å². The molecular weight excluding hydrogens is 422 g/mol. The largest absolute Gasteiger partial charge is 0.355 e. The number of amides is 2. The summed E-state index contributed by atoms with van der Waals surface area (Å²) in [6, 6.07) is 13.5. The van der Waals surface area contributed by atoms with Crippen molar-refractivity contribution in [3.63, 3.8) is 0 Å². The molecule has 0 saturated carbocycles. The third-order valence-corrected chi connectivity index (χ3v) is 3.66. The minimum atomic E-state index is -0.396. The van der Waals surface area contributed by atoms with Gasteiger partial charge in [-0.3, -0.25) is 9.59 Å². The Bertz CT molecular complexity index is 861. The Morgan fingerprint density at radius 1 is 1.03 bits per heavy atom. The molecule has 0 spiro atoms. The lowest BCUT2D eigenvalue weighted by molar-refractivity contribution is -0.109. The van der Waals surface area contributed by atoms with Crippen molar-refractivity contribution < 1.29 is 18.4 Å². The molecule has 0 unspecified atom stereocenters. The summed E-state index contributed by atoms with van der Waals surface area (Å²) >= 11 is 0. The molecular formula is C27H36F2N2O2. The first kappa shape index (κ1) is 31.6. The summed E-state index contributed by atoms with van der Waals surface area (Å²) in [5.41, 5.74) is 2.48. The normalized spacial score (nSPS) is 9.73. The Labute approximate surface area is 197 Å². The molecule has 0 aliphatic rings. The molecule has 33 heavy (non-hydrogen) atoms. The number of halogens is 2. The Kier molecular flexibility index (Phi) is 20.8. The molecule has 0 fully saturated rings. The van der Waals surface area contributed by atoms with E-state index in [2.05, 4.69) is 17.2 Å². The van der Waals surface area contributed by atoms with E-state index in [1.165, 1.54) is 24.3 Å². The summed E-state index contributed by atoms with van der Waals surface area (Å²) in [6.45, 7) is 13.9. The first-order chi connectivity index (χ1) is 16.0. The summed E-state index contributed by atoms with van der Waals surface area (Å²) in [6.07, 6.45) is 6.08. The van der Waals surface area contributed by atoms with Crippen LogP contribution in [-0.4, -0.2) is 18.9 Å². The number of hydrogen-bond donors (Lipinski definition) is 2. The first-order valence-electron chi connectivity index (χ1n) is 10.9. The van der Waals surface area contributed by atoms with Gasteiger partial charge in [-0.2, -0.15) is 0 Å². The second-order valence-electron chi connectivity index (χ2n) is 5.83. The maximum absolute atomic E-state index is 12.7. The van der Waals surface area contributed by atoms with E-state index in [9.17, 15) is 18.4 Å². The van der Waals surface area contributed by atoms with Crippen molar-refractivity contribution >= 4 is 12.3 Å². The smallest absolute Gasteiger partial charge is 0.251 e. The maximum atomic E-state index is 12.7. The zero-order chi connectivity index (χ0) is 25.5. The molecule has 2 amide bonds. The molecule has 6 heteroatoms. The Hall–Kier alpha value is -3.54. The molecule has 180 valence electrons. The molecule has 2 aromatic rings. The second kappa shape index (κ2) is 21.7. The lowest BCUT2D eigenvalue weighted by Gasteiger charge is -2.07. The highest BCUT2D eigenvalue weighted by atomic mass is 19.1. The van der Waals surface area contributed by atoms with Gasteiger partial charge >= 0.3 is 0 Å². The van der Waals surface area contributed by atoms with Crippen molar-refractivity contribution in [2.45, 2.75) is 41.2 Å². The van der Waals surface area contributed by atoms with E-state index < -0.39 is 5.83 Å². The van der Waals surface area contributed by atoms with Gasteiger partial charge in [0.25, 0.3) is 5.91 Å². The van der Waals surface area contributed by atoms with Crippen molar-refractivity contribution in [3.8, 4) is 0 Å². The molecule has 2 N–H and O–H groups in total. The summed E-state index contributed by atoms with van der Waals surface area (Å²) in [5, 5.41) is 5.21. The molecule has 0 bridgehead atoms. The highest BCUT2D eigenvalue weighted by Crippen LogP contribution is 2.07. The van der Waals surface area contributed by atoms with E-state index in [0.29, 0.717) is 25.1 Å². The lowest BCUT2D eigenvalue weighted by Crippen LogP contribution is -2.23. The predicted octanol–water partition coefficient (Wildman–Crippen LogP) is 6.44. The van der Waals surface area contributed by atoms with E-state index in [0.717, 1.165) is 17.2 Å².